The Morgan fingerprint density at radius 1 is 1.23 bits per heavy atom. The van der Waals surface area contributed by atoms with Gasteiger partial charge in [0.15, 0.2) is 0 Å². The summed E-state index contributed by atoms with van der Waals surface area (Å²) in [5.74, 6) is 0.785. The molecule has 2 N–H and O–H groups in total. The molecule has 0 bridgehead atoms. The summed E-state index contributed by atoms with van der Waals surface area (Å²) in [4.78, 5) is 8.50. The van der Waals surface area contributed by atoms with Gasteiger partial charge in [-0.3, -0.25) is 0 Å². The van der Waals surface area contributed by atoms with E-state index in [0.29, 0.717) is 0 Å². The first kappa shape index (κ1) is 9.09. The van der Waals surface area contributed by atoms with Gasteiger partial charge in [-0.1, -0.05) is 12.8 Å². The van der Waals surface area contributed by atoms with Crippen LogP contribution in [0.15, 0.2) is 16.9 Å². The smallest absolute Gasteiger partial charge is 0.148 e. The molecule has 1 aromatic heterocycles. The van der Waals surface area contributed by atoms with Crippen molar-refractivity contribution in [3.63, 3.8) is 0 Å². The highest BCUT2D eigenvalue weighted by molar-refractivity contribution is 9.10. The zero-order valence-electron chi connectivity index (χ0n) is 7.33. The lowest BCUT2D eigenvalue weighted by molar-refractivity contribution is 0.431. The van der Waals surface area contributed by atoms with E-state index in [2.05, 4.69) is 25.9 Å². The number of halogens is 1. The average molecular weight is 242 g/mol. The van der Waals surface area contributed by atoms with Gasteiger partial charge in [-0.25, -0.2) is 9.97 Å². The van der Waals surface area contributed by atoms with Crippen molar-refractivity contribution in [1.82, 2.24) is 9.97 Å². The van der Waals surface area contributed by atoms with Crippen LogP contribution in [0.25, 0.3) is 0 Å². The van der Waals surface area contributed by atoms with Gasteiger partial charge >= 0.3 is 0 Å². The van der Waals surface area contributed by atoms with E-state index >= 15 is 0 Å². The van der Waals surface area contributed by atoms with Crippen LogP contribution in [0.2, 0.25) is 0 Å². The van der Waals surface area contributed by atoms with Crippen LogP contribution in [0.5, 0.6) is 0 Å². The predicted octanol–water partition coefficient (Wildman–Crippen LogP) is 1.97. The lowest BCUT2D eigenvalue weighted by atomic mass is 9.98. The number of nitrogens with zero attached hydrogens (tertiary/aromatic N) is 2. The molecule has 1 aromatic rings. The topological polar surface area (TPSA) is 51.8 Å². The molecule has 13 heavy (non-hydrogen) atoms. The van der Waals surface area contributed by atoms with E-state index in [4.69, 9.17) is 5.73 Å². The molecule has 1 fully saturated rings. The zero-order chi connectivity index (χ0) is 9.31. The fourth-order valence-electron chi connectivity index (χ4n) is 1.80. The van der Waals surface area contributed by atoms with Crippen LogP contribution < -0.4 is 5.73 Å². The molecular weight excluding hydrogens is 230 g/mol. The van der Waals surface area contributed by atoms with Crippen LogP contribution in [0.4, 0.5) is 0 Å². The Balaban J connectivity index is 2.29. The first-order valence-electron chi connectivity index (χ1n) is 4.48. The van der Waals surface area contributed by atoms with Crippen molar-refractivity contribution < 1.29 is 0 Å². The fourth-order valence-corrected chi connectivity index (χ4v) is 2.00. The van der Waals surface area contributed by atoms with Crippen molar-refractivity contribution in [1.29, 1.82) is 0 Å². The van der Waals surface area contributed by atoms with Crippen molar-refractivity contribution in [2.45, 2.75) is 31.2 Å². The van der Waals surface area contributed by atoms with Crippen molar-refractivity contribution >= 4 is 15.9 Å². The van der Waals surface area contributed by atoms with Crippen LogP contribution in [-0.4, -0.2) is 9.97 Å². The Kier molecular flexibility index (Phi) is 2.34. The molecule has 0 saturated heterocycles. The summed E-state index contributed by atoms with van der Waals surface area (Å²) < 4.78 is 0.901. The Labute approximate surface area is 85.9 Å². The molecule has 0 amide bonds. The van der Waals surface area contributed by atoms with Gasteiger partial charge in [0.1, 0.15) is 5.82 Å². The van der Waals surface area contributed by atoms with E-state index in [0.717, 1.165) is 23.1 Å². The summed E-state index contributed by atoms with van der Waals surface area (Å²) >= 11 is 3.31. The lowest BCUT2D eigenvalue weighted by Crippen LogP contribution is -2.35. The molecule has 0 aliphatic heterocycles. The number of nitrogens with two attached hydrogens (primary N) is 1. The minimum absolute atomic E-state index is 0.263. The molecule has 4 heteroatoms. The number of hydrogen-bond donors (Lipinski definition) is 1. The summed E-state index contributed by atoms with van der Waals surface area (Å²) in [6.07, 6.45) is 7.92. The molecule has 0 aromatic carbocycles. The second-order valence-electron chi connectivity index (χ2n) is 3.59. The van der Waals surface area contributed by atoms with Crippen LogP contribution in [0, 0.1) is 0 Å². The zero-order valence-corrected chi connectivity index (χ0v) is 8.92. The van der Waals surface area contributed by atoms with Crippen LogP contribution in [-0.2, 0) is 5.54 Å². The molecule has 0 spiro atoms. The highest BCUT2D eigenvalue weighted by Crippen LogP contribution is 2.34. The third-order valence-corrected chi connectivity index (χ3v) is 2.97. The largest absolute Gasteiger partial charge is 0.319 e. The molecule has 0 radical (unpaired) electrons. The van der Waals surface area contributed by atoms with E-state index < -0.39 is 0 Å². The van der Waals surface area contributed by atoms with Crippen LogP contribution in [0.1, 0.15) is 31.5 Å². The molecule has 0 unspecified atom stereocenters. The molecule has 1 aliphatic carbocycles. The average Bonchev–Trinajstić information content (AvgIpc) is 2.54. The molecule has 0 atom stereocenters. The van der Waals surface area contributed by atoms with Gasteiger partial charge in [0.05, 0.1) is 10.0 Å². The van der Waals surface area contributed by atoms with Gasteiger partial charge in [0.2, 0.25) is 0 Å². The molecule has 1 aliphatic rings. The minimum atomic E-state index is -0.263. The summed E-state index contributed by atoms with van der Waals surface area (Å²) in [5.41, 5.74) is 5.93. The Bertz CT molecular complexity index is 290. The van der Waals surface area contributed by atoms with Crippen LogP contribution >= 0.6 is 15.9 Å². The summed E-state index contributed by atoms with van der Waals surface area (Å²) in [6.45, 7) is 0. The SMILES string of the molecule is NC1(c2ncc(Br)cn2)CCCC1. The minimum Gasteiger partial charge on any atom is -0.319 e. The normalized spacial score (nSPS) is 20.5. The maximum atomic E-state index is 6.19. The quantitative estimate of drug-likeness (QED) is 0.819. The Morgan fingerprint density at radius 2 is 1.77 bits per heavy atom. The first-order chi connectivity index (χ1) is 6.21. The third-order valence-electron chi connectivity index (χ3n) is 2.56. The molecule has 2 rings (SSSR count). The lowest BCUT2D eigenvalue weighted by Gasteiger charge is -2.20. The third kappa shape index (κ3) is 1.74. The van der Waals surface area contributed by atoms with Gasteiger partial charge in [0.25, 0.3) is 0 Å². The maximum absolute atomic E-state index is 6.19. The van der Waals surface area contributed by atoms with E-state index in [9.17, 15) is 0 Å². The monoisotopic (exact) mass is 241 g/mol. The standard InChI is InChI=1S/C9H12BrN3/c10-7-5-12-8(13-6-7)9(11)3-1-2-4-9/h5-6H,1-4,11H2. The second kappa shape index (κ2) is 3.35. The fraction of sp³-hybridized carbons (Fsp3) is 0.556. The van der Waals surface area contributed by atoms with Crippen molar-refractivity contribution in [2.24, 2.45) is 5.73 Å². The number of aromatic nitrogens is 2. The molecule has 3 nitrogen and oxygen atoms in total. The Morgan fingerprint density at radius 3 is 2.31 bits per heavy atom. The summed E-state index contributed by atoms with van der Waals surface area (Å²) in [7, 11) is 0. The highest BCUT2D eigenvalue weighted by atomic mass is 79.9. The van der Waals surface area contributed by atoms with E-state index in [1.165, 1.54) is 12.8 Å². The van der Waals surface area contributed by atoms with Gasteiger partial charge in [-0.05, 0) is 28.8 Å². The van der Waals surface area contributed by atoms with Gasteiger partial charge in [0, 0.05) is 12.4 Å². The van der Waals surface area contributed by atoms with Crippen LogP contribution in [0.3, 0.4) is 0 Å². The van der Waals surface area contributed by atoms with E-state index in [-0.39, 0.29) is 5.54 Å². The van der Waals surface area contributed by atoms with E-state index in [1.807, 2.05) is 0 Å². The van der Waals surface area contributed by atoms with E-state index in [1.54, 1.807) is 12.4 Å². The van der Waals surface area contributed by atoms with Crippen molar-refractivity contribution in [3.8, 4) is 0 Å². The first-order valence-corrected chi connectivity index (χ1v) is 5.27. The van der Waals surface area contributed by atoms with Gasteiger partial charge < -0.3 is 5.73 Å². The molecule has 70 valence electrons. The maximum Gasteiger partial charge on any atom is 0.148 e. The summed E-state index contributed by atoms with van der Waals surface area (Å²) in [5, 5.41) is 0. The van der Waals surface area contributed by atoms with Gasteiger partial charge in [-0.2, -0.15) is 0 Å². The molecule has 1 heterocycles. The molecular formula is C9H12BrN3. The molecule has 1 saturated carbocycles. The van der Waals surface area contributed by atoms with Gasteiger partial charge in [-0.15, -0.1) is 0 Å². The highest BCUT2D eigenvalue weighted by Gasteiger charge is 2.33. The van der Waals surface area contributed by atoms with Crippen molar-refractivity contribution in [3.05, 3.63) is 22.7 Å². The Hall–Kier alpha value is -0.480. The van der Waals surface area contributed by atoms with Crippen molar-refractivity contribution in [2.75, 3.05) is 0 Å². The number of rotatable bonds is 1. The summed E-state index contributed by atoms with van der Waals surface area (Å²) in [6, 6.07) is 0. The predicted molar refractivity (Wildman–Crippen MR) is 54.1 cm³/mol. The number of hydrogen-bond acceptors (Lipinski definition) is 3. The second-order valence-corrected chi connectivity index (χ2v) is 4.50.